The molecule has 0 bridgehead atoms. The zero-order chi connectivity index (χ0) is 14.9. The van der Waals surface area contributed by atoms with Crippen LogP contribution >= 0.6 is 0 Å². The Morgan fingerprint density at radius 3 is 1.90 bits per heavy atom. The van der Waals surface area contributed by atoms with Crippen molar-refractivity contribution in [3.63, 3.8) is 0 Å². The predicted octanol–water partition coefficient (Wildman–Crippen LogP) is 2.76. The van der Waals surface area contributed by atoms with Crippen molar-refractivity contribution in [1.29, 1.82) is 0 Å². The van der Waals surface area contributed by atoms with Gasteiger partial charge in [-0.3, -0.25) is 0 Å². The molecule has 0 saturated heterocycles. The van der Waals surface area contributed by atoms with Crippen LogP contribution in [-0.2, 0) is 4.74 Å². The molecule has 0 amide bonds. The molecule has 1 atom stereocenters. The Labute approximate surface area is 126 Å². The summed E-state index contributed by atoms with van der Waals surface area (Å²) >= 11 is 0. The number of aliphatic hydroxyl groups excluding tert-OH is 1. The van der Waals surface area contributed by atoms with Gasteiger partial charge in [-0.2, -0.15) is 0 Å². The van der Waals surface area contributed by atoms with Gasteiger partial charge in [0.1, 0.15) is 0 Å². The quantitative estimate of drug-likeness (QED) is 0.783. The van der Waals surface area contributed by atoms with Crippen LogP contribution < -0.4 is 5.32 Å². The fourth-order valence-corrected chi connectivity index (χ4v) is 2.48. The Bertz CT molecular complexity index is 456. The molecule has 0 radical (unpaired) electrons. The summed E-state index contributed by atoms with van der Waals surface area (Å²) in [5, 5.41) is 12.8. The number of benzene rings is 2. The topological polar surface area (TPSA) is 41.5 Å². The zero-order valence-electron chi connectivity index (χ0n) is 12.4. The average molecular weight is 285 g/mol. The molecule has 0 aliphatic heterocycles. The van der Waals surface area contributed by atoms with Gasteiger partial charge in [0.15, 0.2) is 0 Å². The van der Waals surface area contributed by atoms with Crippen LogP contribution in [0.25, 0.3) is 0 Å². The monoisotopic (exact) mass is 285 g/mol. The van der Waals surface area contributed by atoms with E-state index in [1.54, 1.807) is 7.11 Å². The summed E-state index contributed by atoms with van der Waals surface area (Å²) in [5.41, 5.74) is 2.42. The molecule has 0 aliphatic rings. The number of hydrogen-bond donors (Lipinski definition) is 2. The molecular weight excluding hydrogens is 262 g/mol. The van der Waals surface area contributed by atoms with E-state index in [-0.39, 0.29) is 18.7 Å². The normalized spacial score (nSPS) is 12.5. The van der Waals surface area contributed by atoms with Gasteiger partial charge in [-0.15, -0.1) is 0 Å². The van der Waals surface area contributed by atoms with E-state index in [9.17, 15) is 5.11 Å². The number of hydrogen-bond acceptors (Lipinski definition) is 3. The second kappa shape index (κ2) is 8.57. The van der Waals surface area contributed by atoms with Gasteiger partial charge in [0.25, 0.3) is 0 Å². The molecule has 0 heterocycles. The fourth-order valence-electron chi connectivity index (χ4n) is 2.48. The Morgan fingerprint density at radius 1 is 0.952 bits per heavy atom. The molecule has 0 aliphatic carbocycles. The Hall–Kier alpha value is -1.68. The minimum atomic E-state index is 0.0964. The van der Waals surface area contributed by atoms with Gasteiger partial charge in [0, 0.05) is 19.8 Å². The molecule has 3 heteroatoms. The predicted molar refractivity (Wildman–Crippen MR) is 85.2 cm³/mol. The summed E-state index contributed by atoms with van der Waals surface area (Å²) in [6, 6.07) is 20.9. The van der Waals surface area contributed by atoms with E-state index in [1.165, 1.54) is 11.1 Å². The highest BCUT2D eigenvalue weighted by atomic mass is 16.5. The summed E-state index contributed by atoms with van der Waals surface area (Å²) in [6.45, 7) is 0.730. The highest BCUT2D eigenvalue weighted by Gasteiger charge is 2.18. The highest BCUT2D eigenvalue weighted by molar-refractivity contribution is 5.31. The number of nitrogens with one attached hydrogen (secondary N) is 1. The van der Waals surface area contributed by atoms with E-state index in [2.05, 4.69) is 29.6 Å². The first-order valence-corrected chi connectivity index (χ1v) is 7.31. The number of ether oxygens (including phenoxy) is 1. The second-order valence-electron chi connectivity index (χ2n) is 5.09. The van der Waals surface area contributed by atoms with E-state index >= 15 is 0 Å². The van der Waals surface area contributed by atoms with E-state index in [0.29, 0.717) is 13.0 Å². The summed E-state index contributed by atoms with van der Waals surface area (Å²) < 4.78 is 5.26. The first kappa shape index (κ1) is 15.7. The van der Waals surface area contributed by atoms with E-state index in [4.69, 9.17) is 4.74 Å². The van der Waals surface area contributed by atoms with Gasteiger partial charge in [-0.05, 0) is 17.5 Å². The van der Waals surface area contributed by atoms with Gasteiger partial charge >= 0.3 is 0 Å². The third-order valence-corrected chi connectivity index (χ3v) is 3.51. The number of methoxy groups -OCH3 is 1. The molecule has 0 spiro atoms. The van der Waals surface area contributed by atoms with Crippen molar-refractivity contribution in [1.82, 2.24) is 5.32 Å². The summed E-state index contributed by atoms with van der Waals surface area (Å²) in [4.78, 5) is 0. The van der Waals surface area contributed by atoms with Crippen molar-refractivity contribution < 1.29 is 9.84 Å². The van der Waals surface area contributed by atoms with Crippen LogP contribution in [0.4, 0.5) is 0 Å². The maximum absolute atomic E-state index is 9.22. The summed E-state index contributed by atoms with van der Waals surface area (Å²) in [6.07, 6.45) is 0.671. The Balaban J connectivity index is 2.24. The minimum absolute atomic E-state index is 0.0964. The molecule has 0 aromatic heterocycles. The van der Waals surface area contributed by atoms with Crippen molar-refractivity contribution in [2.45, 2.75) is 18.5 Å². The highest BCUT2D eigenvalue weighted by Crippen LogP contribution is 2.22. The lowest BCUT2D eigenvalue weighted by Crippen LogP contribution is -2.37. The number of rotatable bonds is 8. The van der Waals surface area contributed by atoms with Crippen LogP contribution in [0.15, 0.2) is 60.7 Å². The largest absolute Gasteiger partial charge is 0.396 e. The maximum Gasteiger partial charge on any atom is 0.0617 e. The number of aliphatic hydroxyl groups is 1. The SMILES string of the molecule is COCC(CCO)NC(c1ccccc1)c1ccccc1. The van der Waals surface area contributed by atoms with Gasteiger partial charge in [-0.25, -0.2) is 0 Å². The van der Waals surface area contributed by atoms with Crippen LogP contribution in [0, 0.1) is 0 Å². The standard InChI is InChI=1S/C18H23NO2/c1-21-14-17(12-13-20)19-18(15-8-4-2-5-9-15)16-10-6-3-7-11-16/h2-11,17-20H,12-14H2,1H3. The first-order chi connectivity index (χ1) is 10.3. The van der Waals surface area contributed by atoms with E-state index in [1.807, 2.05) is 36.4 Å². The molecule has 0 saturated carbocycles. The lowest BCUT2D eigenvalue weighted by molar-refractivity contribution is 0.145. The van der Waals surface area contributed by atoms with Gasteiger partial charge < -0.3 is 15.2 Å². The third-order valence-electron chi connectivity index (χ3n) is 3.51. The van der Waals surface area contributed by atoms with Crippen LogP contribution in [0.5, 0.6) is 0 Å². The van der Waals surface area contributed by atoms with Crippen molar-refractivity contribution in [2.75, 3.05) is 20.3 Å². The smallest absolute Gasteiger partial charge is 0.0617 e. The van der Waals surface area contributed by atoms with Crippen LogP contribution in [0.2, 0.25) is 0 Å². The molecule has 2 rings (SSSR count). The Kier molecular flexibility index (Phi) is 6.41. The summed E-state index contributed by atoms with van der Waals surface area (Å²) in [7, 11) is 1.69. The molecule has 2 aromatic carbocycles. The molecule has 0 fully saturated rings. The lowest BCUT2D eigenvalue weighted by atomic mass is 9.97. The van der Waals surface area contributed by atoms with Crippen molar-refractivity contribution >= 4 is 0 Å². The van der Waals surface area contributed by atoms with E-state index in [0.717, 1.165) is 0 Å². The van der Waals surface area contributed by atoms with Gasteiger partial charge in [0.05, 0.1) is 12.6 Å². The zero-order valence-corrected chi connectivity index (χ0v) is 12.4. The molecule has 2 N–H and O–H groups in total. The van der Waals surface area contributed by atoms with Gasteiger partial charge in [-0.1, -0.05) is 60.7 Å². The molecule has 112 valence electrons. The van der Waals surface area contributed by atoms with Crippen molar-refractivity contribution in [2.24, 2.45) is 0 Å². The van der Waals surface area contributed by atoms with E-state index < -0.39 is 0 Å². The first-order valence-electron chi connectivity index (χ1n) is 7.31. The van der Waals surface area contributed by atoms with Crippen LogP contribution in [0.3, 0.4) is 0 Å². The minimum Gasteiger partial charge on any atom is -0.396 e. The average Bonchev–Trinajstić information content (AvgIpc) is 2.54. The molecule has 3 nitrogen and oxygen atoms in total. The maximum atomic E-state index is 9.22. The molecule has 2 aromatic rings. The molecule has 1 unspecified atom stereocenters. The molecular formula is C18H23NO2. The van der Waals surface area contributed by atoms with Crippen molar-refractivity contribution in [3.05, 3.63) is 71.8 Å². The van der Waals surface area contributed by atoms with Crippen molar-refractivity contribution in [3.8, 4) is 0 Å². The molecule has 21 heavy (non-hydrogen) atoms. The second-order valence-corrected chi connectivity index (χ2v) is 5.09. The van der Waals surface area contributed by atoms with Crippen LogP contribution in [0.1, 0.15) is 23.6 Å². The summed E-state index contributed by atoms with van der Waals surface area (Å²) in [5.74, 6) is 0. The van der Waals surface area contributed by atoms with Crippen LogP contribution in [-0.4, -0.2) is 31.5 Å². The fraction of sp³-hybridized carbons (Fsp3) is 0.333. The Morgan fingerprint density at radius 2 is 1.48 bits per heavy atom. The lowest BCUT2D eigenvalue weighted by Gasteiger charge is -2.26. The third kappa shape index (κ3) is 4.67. The van der Waals surface area contributed by atoms with Gasteiger partial charge in [0.2, 0.25) is 0 Å².